The third-order valence-corrected chi connectivity index (χ3v) is 3.81. The van der Waals surface area contributed by atoms with Crippen molar-refractivity contribution in [1.82, 2.24) is 4.90 Å². The van der Waals surface area contributed by atoms with E-state index in [1.807, 2.05) is 6.92 Å². The summed E-state index contributed by atoms with van der Waals surface area (Å²) < 4.78 is 5.19. The Morgan fingerprint density at radius 2 is 2.19 bits per heavy atom. The standard InChI is InChI=1S/C11H18N2O3/c1-11(16-10(12)15)4-8-2-3-13(7-14)6-9(8)5-11/h7-9H,2-6H2,1H3,(H2,12,15)/t8?,9-,11?/m0/s1. The Labute approximate surface area is 94.9 Å². The van der Waals surface area contributed by atoms with Gasteiger partial charge in [0.1, 0.15) is 5.60 Å². The SMILES string of the molecule is CC1(OC(N)=O)CC2CCN(C=O)C[C@@H]2C1. The molecule has 1 heterocycles. The van der Waals surface area contributed by atoms with Crippen molar-refractivity contribution in [1.29, 1.82) is 0 Å². The lowest BCUT2D eigenvalue weighted by Gasteiger charge is -2.32. The summed E-state index contributed by atoms with van der Waals surface area (Å²) in [5.74, 6) is 1.00. The average molecular weight is 226 g/mol. The molecule has 0 bridgehead atoms. The molecule has 0 spiro atoms. The smallest absolute Gasteiger partial charge is 0.405 e. The van der Waals surface area contributed by atoms with Gasteiger partial charge in [0.25, 0.3) is 0 Å². The second-order valence-corrected chi connectivity index (χ2v) is 5.19. The monoisotopic (exact) mass is 226 g/mol. The number of ether oxygens (including phenoxy) is 1. The van der Waals surface area contributed by atoms with E-state index in [1.54, 1.807) is 4.90 Å². The molecule has 1 saturated heterocycles. The Kier molecular flexibility index (Phi) is 2.78. The third-order valence-electron chi connectivity index (χ3n) is 3.81. The molecule has 5 nitrogen and oxygen atoms in total. The molecule has 16 heavy (non-hydrogen) atoms. The molecule has 5 heteroatoms. The van der Waals surface area contributed by atoms with Gasteiger partial charge in [0.15, 0.2) is 0 Å². The van der Waals surface area contributed by atoms with Crippen molar-refractivity contribution in [3.63, 3.8) is 0 Å². The molecule has 1 aliphatic carbocycles. The molecule has 2 N–H and O–H groups in total. The van der Waals surface area contributed by atoms with E-state index in [1.165, 1.54) is 0 Å². The number of nitrogens with zero attached hydrogens (tertiary/aromatic N) is 1. The molecular weight excluding hydrogens is 208 g/mol. The van der Waals surface area contributed by atoms with Gasteiger partial charge < -0.3 is 15.4 Å². The third kappa shape index (κ3) is 2.13. The molecule has 2 fully saturated rings. The Bertz CT molecular complexity index is 308. The summed E-state index contributed by atoms with van der Waals surface area (Å²) in [5.41, 5.74) is 4.64. The van der Waals surface area contributed by atoms with Gasteiger partial charge in [-0.25, -0.2) is 4.79 Å². The minimum absolute atomic E-state index is 0.430. The highest BCUT2D eigenvalue weighted by Gasteiger charge is 2.46. The largest absolute Gasteiger partial charge is 0.443 e. The Morgan fingerprint density at radius 1 is 1.50 bits per heavy atom. The van der Waals surface area contributed by atoms with Crippen LogP contribution >= 0.6 is 0 Å². The van der Waals surface area contributed by atoms with Gasteiger partial charge in [-0.15, -0.1) is 0 Å². The molecule has 0 aromatic heterocycles. The first-order valence-electron chi connectivity index (χ1n) is 5.70. The molecular formula is C11H18N2O3. The van der Waals surface area contributed by atoms with Crippen LogP contribution in [0.25, 0.3) is 0 Å². The predicted molar refractivity (Wildman–Crippen MR) is 57.5 cm³/mol. The van der Waals surface area contributed by atoms with Crippen LogP contribution in [0.5, 0.6) is 0 Å². The number of fused-ring (bicyclic) bond motifs is 1. The van der Waals surface area contributed by atoms with Crippen LogP contribution in [-0.2, 0) is 9.53 Å². The van der Waals surface area contributed by atoms with E-state index < -0.39 is 11.7 Å². The van der Waals surface area contributed by atoms with E-state index in [4.69, 9.17) is 10.5 Å². The Balaban J connectivity index is 2.00. The van der Waals surface area contributed by atoms with Gasteiger partial charge in [-0.2, -0.15) is 0 Å². The molecule has 3 atom stereocenters. The van der Waals surface area contributed by atoms with Crippen LogP contribution in [0.1, 0.15) is 26.2 Å². The first kappa shape index (κ1) is 11.2. The maximum Gasteiger partial charge on any atom is 0.405 e. The molecule has 0 aromatic rings. The van der Waals surface area contributed by atoms with Gasteiger partial charge in [0.2, 0.25) is 6.41 Å². The minimum Gasteiger partial charge on any atom is -0.443 e. The van der Waals surface area contributed by atoms with Gasteiger partial charge in [0, 0.05) is 13.1 Å². The fourth-order valence-corrected chi connectivity index (χ4v) is 3.22. The number of amides is 2. The van der Waals surface area contributed by atoms with E-state index in [0.29, 0.717) is 11.8 Å². The number of carbonyl (C=O) groups excluding carboxylic acids is 2. The van der Waals surface area contributed by atoms with Crippen LogP contribution in [0.4, 0.5) is 4.79 Å². The van der Waals surface area contributed by atoms with Gasteiger partial charge in [-0.3, -0.25) is 4.79 Å². The molecule has 2 rings (SSSR count). The van der Waals surface area contributed by atoms with Crippen molar-refractivity contribution in [3.8, 4) is 0 Å². The average Bonchev–Trinajstić information content (AvgIpc) is 2.50. The summed E-state index contributed by atoms with van der Waals surface area (Å²) in [6.45, 7) is 3.53. The van der Waals surface area contributed by atoms with E-state index >= 15 is 0 Å². The van der Waals surface area contributed by atoms with Crippen LogP contribution in [0.15, 0.2) is 0 Å². The van der Waals surface area contributed by atoms with Gasteiger partial charge >= 0.3 is 6.09 Å². The topological polar surface area (TPSA) is 72.6 Å². The molecule has 0 aromatic carbocycles. The van der Waals surface area contributed by atoms with Crippen LogP contribution < -0.4 is 5.73 Å². The van der Waals surface area contributed by atoms with E-state index in [-0.39, 0.29) is 0 Å². The molecule has 0 radical (unpaired) electrons. The predicted octanol–water partition coefficient (Wildman–Crippen LogP) is 0.729. The molecule has 2 unspecified atom stereocenters. The van der Waals surface area contributed by atoms with Gasteiger partial charge in [0.05, 0.1) is 0 Å². The zero-order chi connectivity index (χ0) is 11.8. The van der Waals surface area contributed by atoms with Gasteiger partial charge in [-0.05, 0) is 38.0 Å². The quantitative estimate of drug-likeness (QED) is 0.705. The van der Waals surface area contributed by atoms with E-state index in [9.17, 15) is 9.59 Å². The number of primary amides is 1. The summed E-state index contributed by atoms with van der Waals surface area (Å²) in [6, 6.07) is 0. The zero-order valence-corrected chi connectivity index (χ0v) is 9.52. The highest BCUT2D eigenvalue weighted by molar-refractivity contribution is 5.65. The summed E-state index contributed by atoms with van der Waals surface area (Å²) in [4.78, 5) is 23.3. The second-order valence-electron chi connectivity index (χ2n) is 5.19. The lowest BCUT2D eigenvalue weighted by molar-refractivity contribution is -0.120. The summed E-state index contributed by atoms with van der Waals surface area (Å²) in [7, 11) is 0. The molecule has 90 valence electrons. The van der Waals surface area contributed by atoms with Crippen molar-refractivity contribution in [2.75, 3.05) is 13.1 Å². The number of piperidine rings is 1. The lowest BCUT2D eigenvalue weighted by atomic mass is 9.89. The maximum atomic E-state index is 10.8. The number of likely N-dealkylation sites (tertiary alicyclic amines) is 1. The van der Waals surface area contributed by atoms with Crippen LogP contribution in [0, 0.1) is 11.8 Å². The fraction of sp³-hybridized carbons (Fsp3) is 0.818. The summed E-state index contributed by atoms with van der Waals surface area (Å²) >= 11 is 0. The fourth-order valence-electron chi connectivity index (χ4n) is 3.22. The number of hydrogen-bond acceptors (Lipinski definition) is 3. The maximum absolute atomic E-state index is 10.8. The van der Waals surface area contributed by atoms with Crippen molar-refractivity contribution in [2.45, 2.75) is 31.8 Å². The number of carbonyl (C=O) groups is 2. The molecule has 2 amide bonds. The number of nitrogens with two attached hydrogens (primary N) is 1. The van der Waals surface area contributed by atoms with Crippen LogP contribution in [-0.4, -0.2) is 36.1 Å². The minimum atomic E-state index is -0.701. The normalized spacial score (nSPS) is 37.9. The van der Waals surface area contributed by atoms with Crippen molar-refractivity contribution in [2.24, 2.45) is 17.6 Å². The van der Waals surface area contributed by atoms with Crippen molar-refractivity contribution in [3.05, 3.63) is 0 Å². The highest BCUT2D eigenvalue weighted by Crippen LogP contribution is 2.45. The van der Waals surface area contributed by atoms with Crippen LogP contribution in [0.3, 0.4) is 0 Å². The van der Waals surface area contributed by atoms with Crippen molar-refractivity contribution >= 4 is 12.5 Å². The Morgan fingerprint density at radius 3 is 2.81 bits per heavy atom. The summed E-state index contributed by atoms with van der Waals surface area (Å²) in [6.07, 6.45) is 2.88. The molecule has 1 aliphatic heterocycles. The molecule has 2 aliphatic rings. The summed E-state index contributed by atoms with van der Waals surface area (Å²) in [5, 5.41) is 0. The van der Waals surface area contributed by atoms with E-state index in [2.05, 4.69) is 0 Å². The number of hydrogen-bond donors (Lipinski definition) is 1. The first-order valence-corrected chi connectivity index (χ1v) is 5.70. The first-order chi connectivity index (χ1) is 7.52. The van der Waals surface area contributed by atoms with Crippen molar-refractivity contribution < 1.29 is 14.3 Å². The van der Waals surface area contributed by atoms with Crippen LogP contribution in [0.2, 0.25) is 0 Å². The zero-order valence-electron chi connectivity index (χ0n) is 9.52. The Hall–Kier alpha value is -1.26. The van der Waals surface area contributed by atoms with Gasteiger partial charge in [-0.1, -0.05) is 0 Å². The lowest BCUT2D eigenvalue weighted by Crippen LogP contribution is -2.37. The molecule has 1 saturated carbocycles. The van der Waals surface area contributed by atoms with E-state index in [0.717, 1.165) is 38.8 Å². The number of rotatable bonds is 2. The second kappa shape index (κ2) is 3.96. The highest BCUT2D eigenvalue weighted by atomic mass is 16.6.